The van der Waals surface area contributed by atoms with Crippen molar-refractivity contribution in [2.24, 2.45) is 0 Å². The monoisotopic (exact) mass is 375 g/mol. The summed E-state index contributed by atoms with van der Waals surface area (Å²) >= 11 is 6.09. The van der Waals surface area contributed by atoms with Crippen molar-refractivity contribution in [3.8, 4) is 11.5 Å². The highest BCUT2D eigenvalue weighted by molar-refractivity contribution is 6.55. The Hall–Kier alpha value is -2.86. The van der Waals surface area contributed by atoms with Crippen molar-refractivity contribution < 1.29 is 23.5 Å². The predicted octanol–water partition coefficient (Wildman–Crippen LogP) is 3.36. The molecule has 0 spiro atoms. The third kappa shape index (κ3) is 3.15. The van der Waals surface area contributed by atoms with Crippen molar-refractivity contribution >= 4 is 29.0 Å². The van der Waals surface area contributed by atoms with Crippen LogP contribution in [0, 0.1) is 5.82 Å². The van der Waals surface area contributed by atoms with Crippen molar-refractivity contribution in [1.82, 2.24) is 4.90 Å². The molecule has 3 rings (SSSR count). The molecule has 1 heterocycles. The van der Waals surface area contributed by atoms with E-state index in [1.54, 1.807) is 18.2 Å². The molecule has 0 aromatic heterocycles. The molecule has 0 N–H and O–H groups in total. The summed E-state index contributed by atoms with van der Waals surface area (Å²) in [6.45, 7) is 0.0267. The second-order valence-electron chi connectivity index (χ2n) is 5.58. The first kappa shape index (κ1) is 17.9. The number of nitrogens with zero attached hydrogens (tertiary/aromatic N) is 1. The maximum Gasteiger partial charge on any atom is 0.273 e. The van der Waals surface area contributed by atoms with Crippen LogP contribution < -0.4 is 9.47 Å². The molecule has 0 bridgehead atoms. The van der Waals surface area contributed by atoms with Crippen LogP contribution in [0.15, 0.2) is 47.5 Å². The Morgan fingerprint density at radius 3 is 2.23 bits per heavy atom. The number of halogens is 2. The normalized spacial score (nSPS) is 14.2. The number of carbonyl (C=O) groups is 2. The smallest absolute Gasteiger partial charge is 0.273 e. The van der Waals surface area contributed by atoms with Crippen LogP contribution in [0.5, 0.6) is 11.5 Å². The van der Waals surface area contributed by atoms with Crippen LogP contribution in [0.1, 0.15) is 11.1 Å². The van der Waals surface area contributed by atoms with Gasteiger partial charge in [-0.15, -0.1) is 0 Å². The van der Waals surface area contributed by atoms with Crippen molar-refractivity contribution in [3.63, 3.8) is 0 Å². The molecule has 5 nitrogen and oxygen atoms in total. The van der Waals surface area contributed by atoms with Gasteiger partial charge < -0.3 is 9.47 Å². The van der Waals surface area contributed by atoms with Gasteiger partial charge in [-0.25, -0.2) is 4.39 Å². The Morgan fingerprint density at radius 1 is 0.962 bits per heavy atom. The lowest BCUT2D eigenvalue weighted by atomic mass is 10.1. The van der Waals surface area contributed by atoms with E-state index in [0.29, 0.717) is 22.6 Å². The molecule has 134 valence electrons. The third-order valence-corrected chi connectivity index (χ3v) is 4.38. The minimum Gasteiger partial charge on any atom is -0.493 e. The molecule has 26 heavy (non-hydrogen) atoms. The summed E-state index contributed by atoms with van der Waals surface area (Å²) in [6.07, 6.45) is 0. The van der Waals surface area contributed by atoms with E-state index in [0.717, 1.165) is 4.90 Å². The minimum atomic E-state index is -0.592. The molecule has 2 amide bonds. The van der Waals surface area contributed by atoms with Gasteiger partial charge in [0.05, 0.1) is 26.3 Å². The summed E-state index contributed by atoms with van der Waals surface area (Å²) in [5.41, 5.74) is 1.14. The van der Waals surface area contributed by atoms with Gasteiger partial charge in [0.15, 0.2) is 11.5 Å². The van der Waals surface area contributed by atoms with Crippen molar-refractivity contribution in [2.45, 2.75) is 6.54 Å². The SMILES string of the molecule is COc1ccc(CN2C(=O)C(Cl)=C(c3ccc(F)cc3)C2=O)cc1OC. The second-order valence-corrected chi connectivity index (χ2v) is 5.96. The average molecular weight is 376 g/mol. The van der Waals surface area contributed by atoms with Crippen LogP contribution in [0.3, 0.4) is 0 Å². The number of carbonyl (C=O) groups excluding carboxylic acids is 2. The number of hydrogen-bond acceptors (Lipinski definition) is 4. The maximum atomic E-state index is 13.1. The first-order valence-electron chi connectivity index (χ1n) is 7.69. The van der Waals surface area contributed by atoms with Gasteiger partial charge in [0.25, 0.3) is 11.8 Å². The summed E-state index contributed by atoms with van der Waals surface area (Å²) in [5.74, 6) is -0.531. The summed E-state index contributed by atoms with van der Waals surface area (Å²) in [6, 6.07) is 10.3. The molecule has 7 heteroatoms. The number of methoxy groups -OCH3 is 2. The second kappa shape index (κ2) is 7.17. The minimum absolute atomic E-state index is 0.0267. The van der Waals surface area contributed by atoms with E-state index in [1.165, 1.54) is 38.5 Å². The molecule has 2 aromatic carbocycles. The van der Waals surface area contributed by atoms with E-state index >= 15 is 0 Å². The largest absolute Gasteiger partial charge is 0.493 e. The molecular formula is C19H15ClFNO4. The van der Waals surface area contributed by atoms with E-state index in [9.17, 15) is 14.0 Å². The molecular weight excluding hydrogens is 361 g/mol. The van der Waals surface area contributed by atoms with Crippen LogP contribution in [-0.2, 0) is 16.1 Å². The van der Waals surface area contributed by atoms with Crippen LogP contribution >= 0.6 is 11.6 Å². The Kier molecular flexibility index (Phi) is 4.95. The Bertz CT molecular complexity index is 908. The first-order chi connectivity index (χ1) is 12.5. The van der Waals surface area contributed by atoms with Gasteiger partial charge in [-0.3, -0.25) is 14.5 Å². The first-order valence-corrected chi connectivity index (χ1v) is 8.07. The number of amides is 2. The summed E-state index contributed by atoms with van der Waals surface area (Å²) in [5, 5.41) is -0.179. The molecule has 0 radical (unpaired) electrons. The third-order valence-electron chi connectivity index (χ3n) is 4.03. The zero-order valence-corrected chi connectivity index (χ0v) is 14.8. The fourth-order valence-corrected chi connectivity index (χ4v) is 3.01. The van der Waals surface area contributed by atoms with Crippen LogP contribution in [-0.4, -0.2) is 30.9 Å². The molecule has 1 aliphatic heterocycles. The topological polar surface area (TPSA) is 55.8 Å². The molecule has 0 unspecified atom stereocenters. The van der Waals surface area contributed by atoms with Crippen LogP contribution in [0.2, 0.25) is 0 Å². The van der Waals surface area contributed by atoms with E-state index in [-0.39, 0.29) is 17.2 Å². The maximum absolute atomic E-state index is 13.1. The van der Waals surface area contributed by atoms with Crippen molar-refractivity contribution in [3.05, 3.63) is 64.4 Å². The molecule has 0 fully saturated rings. The fourth-order valence-electron chi connectivity index (χ4n) is 2.72. The molecule has 0 aliphatic carbocycles. The van der Waals surface area contributed by atoms with Gasteiger partial charge in [-0.2, -0.15) is 0 Å². The van der Waals surface area contributed by atoms with E-state index in [1.807, 2.05) is 0 Å². The van der Waals surface area contributed by atoms with E-state index in [2.05, 4.69) is 0 Å². The standard InChI is InChI=1S/C19H15ClFNO4/c1-25-14-8-3-11(9-15(14)26-2)10-22-18(23)16(17(20)19(22)24)12-4-6-13(21)7-5-12/h3-9H,10H2,1-2H3. The lowest BCUT2D eigenvalue weighted by Crippen LogP contribution is -2.30. The number of ether oxygens (including phenoxy) is 2. The molecule has 0 atom stereocenters. The Morgan fingerprint density at radius 2 is 1.62 bits per heavy atom. The summed E-state index contributed by atoms with van der Waals surface area (Å²) in [4.78, 5) is 26.2. The quantitative estimate of drug-likeness (QED) is 0.752. The fraction of sp³-hybridized carbons (Fsp3) is 0.158. The highest BCUT2D eigenvalue weighted by Crippen LogP contribution is 2.34. The van der Waals surface area contributed by atoms with Crippen molar-refractivity contribution in [1.29, 1.82) is 0 Å². The van der Waals surface area contributed by atoms with Gasteiger partial charge in [-0.1, -0.05) is 29.8 Å². The number of benzene rings is 2. The van der Waals surface area contributed by atoms with E-state index in [4.69, 9.17) is 21.1 Å². The Labute approximate surface area is 154 Å². The zero-order chi connectivity index (χ0) is 18.8. The van der Waals surface area contributed by atoms with Gasteiger partial charge in [0, 0.05) is 0 Å². The highest BCUT2D eigenvalue weighted by Gasteiger charge is 2.38. The highest BCUT2D eigenvalue weighted by atomic mass is 35.5. The van der Waals surface area contributed by atoms with Crippen LogP contribution in [0.25, 0.3) is 5.57 Å². The number of imide groups is 1. The molecule has 1 aliphatic rings. The van der Waals surface area contributed by atoms with Gasteiger partial charge >= 0.3 is 0 Å². The summed E-state index contributed by atoms with van der Waals surface area (Å²) < 4.78 is 23.5. The Balaban J connectivity index is 1.88. The van der Waals surface area contributed by atoms with Crippen LogP contribution in [0.4, 0.5) is 4.39 Å². The zero-order valence-electron chi connectivity index (χ0n) is 14.1. The molecule has 0 saturated heterocycles. The molecule has 0 saturated carbocycles. The van der Waals surface area contributed by atoms with Crippen molar-refractivity contribution in [2.75, 3.05) is 14.2 Å². The number of rotatable bonds is 5. The van der Waals surface area contributed by atoms with Gasteiger partial charge in [-0.05, 0) is 35.4 Å². The average Bonchev–Trinajstić information content (AvgIpc) is 2.86. The van der Waals surface area contributed by atoms with Gasteiger partial charge in [0.1, 0.15) is 10.8 Å². The number of hydrogen-bond donors (Lipinski definition) is 0. The lowest BCUT2D eigenvalue weighted by Gasteiger charge is -2.16. The molecule has 2 aromatic rings. The predicted molar refractivity (Wildman–Crippen MR) is 94.3 cm³/mol. The summed E-state index contributed by atoms with van der Waals surface area (Å²) in [7, 11) is 3.02. The lowest BCUT2D eigenvalue weighted by molar-refractivity contribution is -0.137. The van der Waals surface area contributed by atoms with Gasteiger partial charge in [0.2, 0.25) is 0 Å². The van der Waals surface area contributed by atoms with E-state index < -0.39 is 17.6 Å².